The maximum atomic E-state index is 12.0. The number of nitrogens with zero attached hydrogens (tertiary/aromatic N) is 1. The molecule has 0 radical (unpaired) electrons. The molecular formula is C14H9Br3N2O2. The molecule has 1 amide bonds. The molecule has 2 aromatic carbocycles. The van der Waals surface area contributed by atoms with Gasteiger partial charge >= 0.3 is 0 Å². The van der Waals surface area contributed by atoms with Gasteiger partial charge in [-0.15, -0.1) is 0 Å². The summed E-state index contributed by atoms with van der Waals surface area (Å²) in [6.07, 6.45) is 1.38. The van der Waals surface area contributed by atoms with E-state index in [9.17, 15) is 9.90 Å². The summed E-state index contributed by atoms with van der Waals surface area (Å²) >= 11 is 9.92. The highest BCUT2D eigenvalue weighted by Gasteiger charge is 2.09. The third-order valence-corrected chi connectivity index (χ3v) is 4.21. The highest BCUT2D eigenvalue weighted by atomic mass is 79.9. The van der Waals surface area contributed by atoms with Crippen molar-refractivity contribution in [3.63, 3.8) is 0 Å². The lowest BCUT2D eigenvalue weighted by Gasteiger charge is -2.04. The number of benzene rings is 2. The molecule has 0 unspecified atom stereocenters. The third-order valence-electron chi connectivity index (χ3n) is 2.53. The first-order chi connectivity index (χ1) is 9.97. The molecule has 0 atom stereocenters. The summed E-state index contributed by atoms with van der Waals surface area (Å²) in [5.74, 6) is -0.270. The first-order valence-electron chi connectivity index (χ1n) is 5.74. The molecule has 0 saturated carbocycles. The van der Waals surface area contributed by atoms with Gasteiger partial charge in [0.25, 0.3) is 5.91 Å². The van der Waals surface area contributed by atoms with Crippen molar-refractivity contribution in [2.75, 3.05) is 0 Å². The van der Waals surface area contributed by atoms with E-state index in [1.807, 2.05) is 6.07 Å². The van der Waals surface area contributed by atoms with Crippen LogP contribution in [0.5, 0.6) is 5.75 Å². The van der Waals surface area contributed by atoms with Crippen molar-refractivity contribution in [1.29, 1.82) is 0 Å². The predicted octanol–water partition coefficient (Wildman–Crippen LogP) is 4.44. The van der Waals surface area contributed by atoms with Crippen LogP contribution in [0.15, 0.2) is 54.9 Å². The Kier molecular flexibility index (Phi) is 5.55. The van der Waals surface area contributed by atoms with E-state index in [-0.39, 0.29) is 11.7 Å². The van der Waals surface area contributed by atoms with Crippen molar-refractivity contribution in [2.45, 2.75) is 0 Å². The Morgan fingerprint density at radius 1 is 1.10 bits per heavy atom. The normalized spacial score (nSPS) is 10.8. The molecule has 7 heteroatoms. The minimum atomic E-state index is -0.353. The number of phenols is 1. The maximum absolute atomic E-state index is 12.0. The Morgan fingerprint density at radius 3 is 2.52 bits per heavy atom. The standard InChI is InChI=1S/C14H9Br3N2O2/c15-9-2-4-13(20)8(5-9)7-18-19-14(21)11-6-10(16)1-3-12(11)17/h1-7,20H,(H,19,21)/b18-7+. The Labute approximate surface area is 146 Å². The molecule has 0 bridgehead atoms. The van der Waals surface area contributed by atoms with Crippen molar-refractivity contribution in [1.82, 2.24) is 5.43 Å². The molecule has 21 heavy (non-hydrogen) atoms. The fourth-order valence-electron chi connectivity index (χ4n) is 1.52. The minimum Gasteiger partial charge on any atom is -0.507 e. The summed E-state index contributed by atoms with van der Waals surface area (Å²) in [6.45, 7) is 0. The second kappa shape index (κ2) is 7.20. The lowest BCUT2D eigenvalue weighted by Crippen LogP contribution is -2.18. The van der Waals surface area contributed by atoms with Crippen molar-refractivity contribution in [3.05, 3.63) is 60.9 Å². The van der Waals surface area contributed by atoms with Crippen LogP contribution >= 0.6 is 47.8 Å². The summed E-state index contributed by atoms with van der Waals surface area (Å²) in [5, 5.41) is 13.5. The number of carbonyl (C=O) groups excluding carboxylic acids is 1. The number of halogens is 3. The van der Waals surface area contributed by atoms with Crippen LogP contribution in [0.4, 0.5) is 0 Å². The third kappa shape index (κ3) is 4.39. The van der Waals surface area contributed by atoms with Gasteiger partial charge in [-0.1, -0.05) is 31.9 Å². The lowest BCUT2D eigenvalue weighted by molar-refractivity contribution is 0.0954. The predicted molar refractivity (Wildman–Crippen MR) is 92.7 cm³/mol. The lowest BCUT2D eigenvalue weighted by atomic mass is 10.2. The van der Waals surface area contributed by atoms with Crippen LogP contribution in [-0.2, 0) is 0 Å². The van der Waals surface area contributed by atoms with Gasteiger partial charge in [0.05, 0.1) is 11.8 Å². The van der Waals surface area contributed by atoms with Crippen LogP contribution in [0.3, 0.4) is 0 Å². The molecule has 4 nitrogen and oxygen atoms in total. The van der Waals surface area contributed by atoms with Gasteiger partial charge in [-0.05, 0) is 52.3 Å². The highest BCUT2D eigenvalue weighted by molar-refractivity contribution is 9.11. The van der Waals surface area contributed by atoms with Crippen molar-refractivity contribution < 1.29 is 9.90 Å². The van der Waals surface area contributed by atoms with Crippen LogP contribution < -0.4 is 5.43 Å². The number of hydrazone groups is 1. The number of phenolic OH excluding ortho intramolecular Hbond substituents is 1. The van der Waals surface area contributed by atoms with Gasteiger partial charge in [-0.2, -0.15) is 5.10 Å². The van der Waals surface area contributed by atoms with Gasteiger partial charge < -0.3 is 5.11 Å². The smallest absolute Gasteiger partial charge is 0.272 e. The molecule has 2 rings (SSSR count). The fourth-order valence-corrected chi connectivity index (χ4v) is 2.69. The number of amides is 1. The molecule has 108 valence electrons. The topological polar surface area (TPSA) is 61.7 Å². The maximum Gasteiger partial charge on any atom is 0.272 e. The zero-order chi connectivity index (χ0) is 15.4. The van der Waals surface area contributed by atoms with E-state index in [2.05, 4.69) is 58.3 Å². The minimum absolute atomic E-state index is 0.0832. The van der Waals surface area contributed by atoms with Gasteiger partial charge in [0, 0.05) is 19.0 Å². The summed E-state index contributed by atoms with van der Waals surface area (Å²) in [6, 6.07) is 10.2. The molecule has 0 heterocycles. The summed E-state index contributed by atoms with van der Waals surface area (Å²) < 4.78 is 2.27. The summed E-state index contributed by atoms with van der Waals surface area (Å²) in [4.78, 5) is 12.0. The molecule has 0 aromatic heterocycles. The molecule has 0 fully saturated rings. The number of hydrogen-bond acceptors (Lipinski definition) is 3. The molecule has 2 aromatic rings. The molecule has 0 saturated heterocycles. The van der Waals surface area contributed by atoms with Crippen LogP contribution in [-0.4, -0.2) is 17.2 Å². The first kappa shape index (κ1) is 16.2. The van der Waals surface area contributed by atoms with E-state index in [0.29, 0.717) is 15.6 Å². The van der Waals surface area contributed by atoms with E-state index in [0.717, 1.165) is 8.95 Å². The molecule has 0 aliphatic rings. The average Bonchev–Trinajstić information content (AvgIpc) is 2.45. The molecular weight excluding hydrogens is 468 g/mol. The monoisotopic (exact) mass is 474 g/mol. The van der Waals surface area contributed by atoms with Crippen molar-refractivity contribution in [2.24, 2.45) is 5.10 Å². The average molecular weight is 477 g/mol. The molecule has 2 N–H and O–H groups in total. The Morgan fingerprint density at radius 2 is 1.76 bits per heavy atom. The SMILES string of the molecule is O=C(N/N=C/c1cc(Br)ccc1O)c1cc(Br)ccc1Br. The largest absolute Gasteiger partial charge is 0.507 e. The second-order valence-corrected chi connectivity index (χ2v) is 6.71. The summed E-state index contributed by atoms with van der Waals surface area (Å²) in [7, 11) is 0. The van der Waals surface area contributed by atoms with E-state index in [4.69, 9.17) is 0 Å². The first-order valence-corrected chi connectivity index (χ1v) is 8.12. The highest BCUT2D eigenvalue weighted by Crippen LogP contribution is 2.22. The molecule has 0 aliphatic heterocycles. The Balaban J connectivity index is 2.12. The quantitative estimate of drug-likeness (QED) is 0.508. The van der Waals surface area contributed by atoms with Crippen LogP contribution in [0.1, 0.15) is 15.9 Å². The second-order valence-electron chi connectivity index (χ2n) is 4.03. The van der Waals surface area contributed by atoms with E-state index < -0.39 is 0 Å². The van der Waals surface area contributed by atoms with Crippen molar-refractivity contribution in [3.8, 4) is 5.75 Å². The van der Waals surface area contributed by atoms with E-state index >= 15 is 0 Å². The Hall–Kier alpha value is -1.18. The van der Waals surface area contributed by atoms with E-state index in [1.54, 1.807) is 24.3 Å². The molecule has 0 spiro atoms. The number of rotatable bonds is 3. The van der Waals surface area contributed by atoms with Gasteiger partial charge in [0.15, 0.2) is 0 Å². The number of aromatic hydroxyl groups is 1. The Bertz CT molecular complexity index is 717. The van der Waals surface area contributed by atoms with Gasteiger partial charge in [0.1, 0.15) is 5.75 Å². The van der Waals surface area contributed by atoms with Crippen LogP contribution in [0.25, 0.3) is 0 Å². The summed E-state index contributed by atoms with van der Waals surface area (Å²) in [5.41, 5.74) is 3.37. The van der Waals surface area contributed by atoms with Crippen molar-refractivity contribution >= 4 is 59.9 Å². The van der Waals surface area contributed by atoms with Gasteiger partial charge in [-0.3, -0.25) is 4.79 Å². The van der Waals surface area contributed by atoms with E-state index in [1.165, 1.54) is 12.3 Å². The van der Waals surface area contributed by atoms with Gasteiger partial charge in [-0.25, -0.2) is 5.43 Å². The zero-order valence-corrected chi connectivity index (χ0v) is 15.2. The number of hydrogen-bond donors (Lipinski definition) is 2. The number of nitrogens with one attached hydrogen (secondary N) is 1. The number of carbonyl (C=O) groups is 1. The van der Waals surface area contributed by atoms with Gasteiger partial charge in [0.2, 0.25) is 0 Å². The zero-order valence-electron chi connectivity index (χ0n) is 10.5. The van der Waals surface area contributed by atoms with Crippen LogP contribution in [0, 0.1) is 0 Å². The van der Waals surface area contributed by atoms with Crippen LogP contribution in [0.2, 0.25) is 0 Å². The molecule has 0 aliphatic carbocycles. The fraction of sp³-hybridized carbons (Fsp3) is 0.